The zero-order valence-electron chi connectivity index (χ0n) is 18.6. The van der Waals surface area contributed by atoms with Gasteiger partial charge in [0, 0.05) is 40.9 Å². The number of methoxy groups -OCH3 is 1. The Morgan fingerprint density at radius 2 is 1.70 bits per heavy atom. The van der Waals surface area contributed by atoms with Gasteiger partial charge in [0.25, 0.3) is 0 Å². The summed E-state index contributed by atoms with van der Waals surface area (Å²) in [6.07, 6.45) is 0. The van der Waals surface area contributed by atoms with Gasteiger partial charge in [0.15, 0.2) is 5.78 Å². The molecule has 2 N–H and O–H groups in total. The van der Waals surface area contributed by atoms with Crippen LogP contribution in [0, 0.1) is 0 Å². The van der Waals surface area contributed by atoms with Crippen molar-refractivity contribution in [2.75, 3.05) is 25.6 Å². The van der Waals surface area contributed by atoms with Crippen LogP contribution in [-0.4, -0.2) is 44.0 Å². The van der Waals surface area contributed by atoms with Gasteiger partial charge in [0.05, 0.1) is 18.5 Å². The first-order valence-electron chi connectivity index (χ1n) is 10.3. The van der Waals surface area contributed by atoms with Gasteiger partial charge in [0.1, 0.15) is 12.3 Å². The number of primary amides is 1. The van der Waals surface area contributed by atoms with E-state index >= 15 is 0 Å². The second-order valence-electron chi connectivity index (χ2n) is 7.77. The molecule has 4 rings (SSSR count). The normalized spacial score (nSPS) is 13.1. The molecule has 0 atom stereocenters. The van der Waals surface area contributed by atoms with Gasteiger partial charge in [-0.1, -0.05) is 36.4 Å². The number of likely N-dealkylation sites (N-methyl/N-ethyl adjacent to an activating group) is 1. The number of fused-ring (bicyclic) bond motifs is 1. The third-order valence-electron chi connectivity index (χ3n) is 5.70. The van der Waals surface area contributed by atoms with E-state index in [-0.39, 0.29) is 18.2 Å². The molecule has 0 spiro atoms. The number of anilines is 1. The number of carbonyl (C=O) groups is 3. The van der Waals surface area contributed by atoms with E-state index in [9.17, 15) is 14.4 Å². The Morgan fingerprint density at radius 1 is 0.970 bits per heavy atom. The van der Waals surface area contributed by atoms with Crippen molar-refractivity contribution in [3.63, 3.8) is 0 Å². The van der Waals surface area contributed by atoms with Crippen molar-refractivity contribution >= 4 is 29.0 Å². The van der Waals surface area contributed by atoms with Crippen LogP contribution in [0.25, 0.3) is 11.1 Å². The number of hydrogen-bond donors (Lipinski definition) is 1. The summed E-state index contributed by atoms with van der Waals surface area (Å²) in [5.41, 5.74) is 10.7. The molecule has 0 aromatic heterocycles. The number of amides is 2. The second kappa shape index (κ2) is 8.70. The third kappa shape index (κ3) is 4.13. The van der Waals surface area contributed by atoms with E-state index in [1.807, 2.05) is 24.3 Å². The molecule has 7 nitrogen and oxygen atoms in total. The maximum absolute atomic E-state index is 12.7. The van der Waals surface area contributed by atoms with Crippen molar-refractivity contribution < 1.29 is 19.1 Å². The summed E-state index contributed by atoms with van der Waals surface area (Å²) in [5, 5.41) is 0. The molecule has 0 unspecified atom stereocenters. The van der Waals surface area contributed by atoms with E-state index in [0.29, 0.717) is 33.8 Å². The molecule has 33 heavy (non-hydrogen) atoms. The van der Waals surface area contributed by atoms with Gasteiger partial charge >= 0.3 is 0 Å². The minimum absolute atomic E-state index is 0.0145. The minimum atomic E-state index is -0.541. The number of nitrogens with zero attached hydrogens (tertiary/aromatic N) is 2. The molecule has 0 radical (unpaired) electrons. The monoisotopic (exact) mass is 441 g/mol. The first-order chi connectivity index (χ1) is 15.8. The zero-order chi connectivity index (χ0) is 23.7. The van der Waals surface area contributed by atoms with Crippen LogP contribution in [0.1, 0.15) is 38.8 Å². The minimum Gasteiger partial charge on any atom is -0.496 e. The van der Waals surface area contributed by atoms with Crippen LogP contribution >= 0.6 is 0 Å². The second-order valence-corrected chi connectivity index (χ2v) is 7.77. The molecule has 1 heterocycles. The lowest BCUT2D eigenvalue weighted by atomic mass is 9.93. The highest BCUT2D eigenvalue weighted by Gasteiger charge is 2.25. The summed E-state index contributed by atoms with van der Waals surface area (Å²) >= 11 is 0. The maximum atomic E-state index is 12.7. The van der Waals surface area contributed by atoms with Crippen LogP contribution in [0.5, 0.6) is 5.75 Å². The molecule has 7 heteroatoms. The molecule has 1 aliphatic heterocycles. The Balaban J connectivity index is 1.94. The van der Waals surface area contributed by atoms with E-state index in [1.54, 1.807) is 55.5 Å². The molecule has 3 aromatic carbocycles. The average molecular weight is 441 g/mol. The number of ether oxygens (including phenoxy) is 1. The molecule has 1 aliphatic rings. The summed E-state index contributed by atoms with van der Waals surface area (Å²) in [4.78, 5) is 42.2. The van der Waals surface area contributed by atoms with E-state index in [1.165, 1.54) is 6.92 Å². The zero-order valence-corrected chi connectivity index (χ0v) is 18.6. The number of Topliss-reactive ketones (excluding diaryl/α,β-unsaturated/α-hetero) is 1. The number of carbonyl (C=O) groups excluding carboxylic acids is 3. The molecule has 0 aliphatic carbocycles. The molecule has 3 aromatic rings. The fourth-order valence-electron chi connectivity index (χ4n) is 3.85. The van der Waals surface area contributed by atoms with Crippen LogP contribution in [0.15, 0.2) is 65.7 Å². The maximum Gasteiger partial charge on any atom is 0.248 e. The summed E-state index contributed by atoms with van der Waals surface area (Å²) < 4.78 is 5.65. The Bertz CT molecular complexity index is 1310. The van der Waals surface area contributed by atoms with E-state index < -0.39 is 5.91 Å². The highest BCUT2D eigenvalue weighted by molar-refractivity contribution is 6.20. The summed E-state index contributed by atoms with van der Waals surface area (Å²) in [7, 11) is 3.26. The van der Waals surface area contributed by atoms with Gasteiger partial charge in [-0.15, -0.1) is 0 Å². The molecule has 0 bridgehead atoms. The van der Waals surface area contributed by atoms with Crippen LogP contribution in [0.2, 0.25) is 0 Å². The number of rotatable bonds is 5. The average Bonchev–Trinajstić information content (AvgIpc) is 2.94. The quantitative estimate of drug-likeness (QED) is 0.613. The van der Waals surface area contributed by atoms with Gasteiger partial charge < -0.3 is 15.4 Å². The standard InChI is InChI=1S/C26H23N3O4/c1-15(30)16-7-9-17(10-8-16)20-12-21-22(13-23(20)33-3)29(2)24(31)14-28-25(21)18-5-4-6-19(11-18)26(27)32/h4-13H,14H2,1-3H3,(H2,27,32). The van der Waals surface area contributed by atoms with Crippen molar-refractivity contribution in [1.82, 2.24) is 0 Å². The van der Waals surface area contributed by atoms with Gasteiger partial charge in [0.2, 0.25) is 11.8 Å². The number of aliphatic imine (C=N–C) groups is 1. The number of ketones is 1. The molecular formula is C26H23N3O4. The fourth-order valence-corrected chi connectivity index (χ4v) is 3.85. The van der Waals surface area contributed by atoms with Gasteiger partial charge in [-0.2, -0.15) is 0 Å². The van der Waals surface area contributed by atoms with Crippen LogP contribution in [0.4, 0.5) is 5.69 Å². The SMILES string of the molecule is COc1cc2c(cc1-c1ccc(C(C)=O)cc1)C(c1cccc(C(N)=O)c1)=NCC(=O)N2C. The molecule has 166 valence electrons. The Hall–Kier alpha value is -4.26. The highest BCUT2D eigenvalue weighted by atomic mass is 16.5. The van der Waals surface area contributed by atoms with Crippen molar-refractivity contribution in [3.8, 4) is 16.9 Å². The van der Waals surface area contributed by atoms with Crippen LogP contribution in [-0.2, 0) is 4.79 Å². The Kier molecular flexibility index (Phi) is 5.79. The lowest BCUT2D eigenvalue weighted by Gasteiger charge is -2.21. The summed E-state index contributed by atoms with van der Waals surface area (Å²) in [6.45, 7) is 1.49. The van der Waals surface area contributed by atoms with E-state index in [0.717, 1.165) is 16.7 Å². The Morgan fingerprint density at radius 3 is 2.33 bits per heavy atom. The van der Waals surface area contributed by atoms with Crippen LogP contribution in [0.3, 0.4) is 0 Å². The molecule has 2 amide bonds. The van der Waals surface area contributed by atoms with Crippen molar-refractivity contribution in [2.24, 2.45) is 10.7 Å². The highest BCUT2D eigenvalue weighted by Crippen LogP contribution is 2.38. The number of benzene rings is 3. The molecular weight excluding hydrogens is 418 g/mol. The number of benzodiazepines with no additional fused rings is 1. The van der Waals surface area contributed by atoms with Crippen molar-refractivity contribution in [3.05, 3.63) is 82.9 Å². The van der Waals surface area contributed by atoms with Crippen molar-refractivity contribution in [1.29, 1.82) is 0 Å². The van der Waals surface area contributed by atoms with Crippen LogP contribution < -0.4 is 15.4 Å². The molecule has 0 fully saturated rings. The summed E-state index contributed by atoms with van der Waals surface area (Å²) in [6, 6.07) is 17.8. The van der Waals surface area contributed by atoms with Gasteiger partial charge in [-0.05, 0) is 30.7 Å². The topological polar surface area (TPSA) is 102 Å². The molecule has 0 saturated heterocycles. The predicted octanol–water partition coefficient (Wildman–Crippen LogP) is 3.48. The van der Waals surface area contributed by atoms with Crippen molar-refractivity contribution in [2.45, 2.75) is 6.92 Å². The van der Waals surface area contributed by atoms with Gasteiger partial charge in [-0.25, -0.2) is 0 Å². The third-order valence-corrected chi connectivity index (χ3v) is 5.70. The fraction of sp³-hybridized carbons (Fsp3) is 0.154. The van der Waals surface area contributed by atoms with Gasteiger partial charge in [-0.3, -0.25) is 19.4 Å². The molecule has 0 saturated carbocycles. The Labute approximate surface area is 191 Å². The lowest BCUT2D eigenvalue weighted by molar-refractivity contribution is -0.116. The lowest BCUT2D eigenvalue weighted by Crippen LogP contribution is -2.27. The van der Waals surface area contributed by atoms with E-state index in [4.69, 9.17) is 10.5 Å². The number of hydrogen-bond acceptors (Lipinski definition) is 5. The number of nitrogens with two attached hydrogens (primary N) is 1. The summed E-state index contributed by atoms with van der Waals surface area (Å²) in [5.74, 6) is -0.145. The van der Waals surface area contributed by atoms with E-state index in [2.05, 4.69) is 4.99 Å². The first-order valence-corrected chi connectivity index (χ1v) is 10.3. The first kappa shape index (κ1) is 22.0. The predicted molar refractivity (Wildman–Crippen MR) is 127 cm³/mol. The smallest absolute Gasteiger partial charge is 0.248 e. The largest absolute Gasteiger partial charge is 0.496 e.